The van der Waals surface area contributed by atoms with Crippen molar-refractivity contribution in [2.24, 2.45) is 5.92 Å². The van der Waals surface area contributed by atoms with Crippen molar-refractivity contribution in [3.63, 3.8) is 0 Å². The highest BCUT2D eigenvalue weighted by molar-refractivity contribution is 5.93. The van der Waals surface area contributed by atoms with Gasteiger partial charge in [-0.1, -0.05) is 12.1 Å². The number of hydrogen-bond donors (Lipinski definition) is 1. The number of benzene rings is 1. The van der Waals surface area contributed by atoms with Crippen molar-refractivity contribution in [2.45, 2.75) is 19.8 Å². The van der Waals surface area contributed by atoms with Crippen LogP contribution in [0.5, 0.6) is 11.5 Å². The summed E-state index contributed by atoms with van der Waals surface area (Å²) in [7, 11) is 1.55. The molecule has 1 aliphatic heterocycles. The van der Waals surface area contributed by atoms with E-state index in [1.54, 1.807) is 31.1 Å². The van der Waals surface area contributed by atoms with E-state index in [1.807, 2.05) is 12.1 Å². The van der Waals surface area contributed by atoms with Gasteiger partial charge in [-0.2, -0.15) is 0 Å². The molecule has 28 heavy (non-hydrogen) atoms. The van der Waals surface area contributed by atoms with Crippen LogP contribution in [0, 0.1) is 12.8 Å². The molecule has 0 aliphatic carbocycles. The van der Waals surface area contributed by atoms with Crippen molar-refractivity contribution in [3.05, 3.63) is 42.1 Å². The Labute approximate surface area is 163 Å². The third-order valence-corrected chi connectivity index (χ3v) is 4.77. The largest absolute Gasteiger partial charge is 0.493 e. The van der Waals surface area contributed by atoms with E-state index in [1.165, 1.54) is 6.39 Å². The van der Waals surface area contributed by atoms with Gasteiger partial charge in [0.1, 0.15) is 5.76 Å². The molecule has 150 valence electrons. The number of aryl methyl sites for hydroxylation is 1. The molecular formula is C20H25N3O5. The molecule has 2 heterocycles. The smallest absolute Gasteiger partial charge is 0.276 e. The molecule has 0 spiro atoms. The van der Waals surface area contributed by atoms with Crippen LogP contribution in [0.15, 0.2) is 35.1 Å². The van der Waals surface area contributed by atoms with E-state index in [0.29, 0.717) is 42.6 Å². The summed E-state index contributed by atoms with van der Waals surface area (Å²) < 4.78 is 15.9. The van der Waals surface area contributed by atoms with Crippen LogP contribution in [0.1, 0.15) is 29.1 Å². The predicted molar refractivity (Wildman–Crippen MR) is 101 cm³/mol. The van der Waals surface area contributed by atoms with Gasteiger partial charge in [0.15, 0.2) is 30.2 Å². The molecule has 0 bridgehead atoms. The third-order valence-electron chi connectivity index (χ3n) is 4.77. The van der Waals surface area contributed by atoms with Crippen LogP contribution in [-0.2, 0) is 4.79 Å². The van der Waals surface area contributed by atoms with Crippen molar-refractivity contribution >= 4 is 11.8 Å². The summed E-state index contributed by atoms with van der Waals surface area (Å²) >= 11 is 0. The highest BCUT2D eigenvalue weighted by atomic mass is 16.5. The average molecular weight is 387 g/mol. The van der Waals surface area contributed by atoms with E-state index in [2.05, 4.69) is 10.3 Å². The highest BCUT2D eigenvalue weighted by Gasteiger charge is 2.27. The first-order valence-electron chi connectivity index (χ1n) is 9.30. The van der Waals surface area contributed by atoms with E-state index in [4.69, 9.17) is 13.9 Å². The van der Waals surface area contributed by atoms with Crippen LogP contribution in [0.25, 0.3) is 0 Å². The van der Waals surface area contributed by atoms with Crippen LogP contribution in [0.4, 0.5) is 0 Å². The molecule has 0 saturated carbocycles. The molecule has 0 unspecified atom stereocenters. The molecule has 1 N–H and O–H groups in total. The highest BCUT2D eigenvalue weighted by Crippen LogP contribution is 2.25. The first-order chi connectivity index (χ1) is 13.6. The number of likely N-dealkylation sites (tertiary alicyclic amines) is 1. The van der Waals surface area contributed by atoms with Crippen LogP contribution in [0.3, 0.4) is 0 Å². The Bertz CT molecular complexity index is 820. The Hall–Kier alpha value is -3.03. The van der Waals surface area contributed by atoms with E-state index in [0.717, 1.165) is 12.8 Å². The Morgan fingerprint density at radius 2 is 2.11 bits per heavy atom. The molecule has 2 amide bonds. The number of carbonyl (C=O) groups excluding carboxylic acids is 2. The Balaban J connectivity index is 1.45. The van der Waals surface area contributed by atoms with Crippen molar-refractivity contribution in [3.8, 4) is 11.5 Å². The van der Waals surface area contributed by atoms with Gasteiger partial charge in [0.05, 0.1) is 7.11 Å². The van der Waals surface area contributed by atoms with Gasteiger partial charge in [0.2, 0.25) is 0 Å². The number of oxazole rings is 1. The maximum absolute atomic E-state index is 12.6. The zero-order chi connectivity index (χ0) is 19.9. The second kappa shape index (κ2) is 9.25. The molecule has 0 radical (unpaired) electrons. The van der Waals surface area contributed by atoms with Gasteiger partial charge in [-0.25, -0.2) is 4.98 Å². The molecule has 1 aliphatic rings. The van der Waals surface area contributed by atoms with Crippen LogP contribution >= 0.6 is 0 Å². The second-order valence-electron chi connectivity index (χ2n) is 6.76. The minimum atomic E-state index is -0.207. The molecule has 1 aromatic heterocycles. The number of aromatic nitrogens is 1. The third kappa shape index (κ3) is 4.82. The standard InChI is InChI=1S/C20H25N3O5/c1-14-19(22-13-28-14)20(25)23-9-5-6-15(11-23)10-21-18(24)12-27-17-8-4-3-7-16(17)26-2/h3-4,7-8,13,15H,5-6,9-12H2,1-2H3,(H,21,24)/t15-/m0/s1. The maximum atomic E-state index is 12.6. The molecule has 1 fully saturated rings. The van der Waals surface area contributed by atoms with E-state index in [9.17, 15) is 9.59 Å². The van der Waals surface area contributed by atoms with Crippen LogP contribution in [0.2, 0.25) is 0 Å². The molecular weight excluding hydrogens is 362 g/mol. The number of piperidine rings is 1. The summed E-state index contributed by atoms with van der Waals surface area (Å²) in [5, 5.41) is 2.89. The van der Waals surface area contributed by atoms with Gasteiger partial charge in [-0.3, -0.25) is 9.59 Å². The number of methoxy groups -OCH3 is 1. The minimum Gasteiger partial charge on any atom is -0.493 e. The molecule has 1 saturated heterocycles. The normalized spacial score (nSPS) is 16.5. The maximum Gasteiger partial charge on any atom is 0.276 e. The van der Waals surface area contributed by atoms with Gasteiger partial charge in [-0.15, -0.1) is 0 Å². The zero-order valence-corrected chi connectivity index (χ0v) is 16.1. The Morgan fingerprint density at radius 3 is 2.82 bits per heavy atom. The van der Waals surface area contributed by atoms with E-state index >= 15 is 0 Å². The van der Waals surface area contributed by atoms with E-state index in [-0.39, 0.29) is 24.3 Å². The van der Waals surface area contributed by atoms with Gasteiger partial charge in [0.25, 0.3) is 11.8 Å². The number of ether oxygens (including phenoxy) is 2. The lowest BCUT2D eigenvalue weighted by molar-refractivity contribution is -0.123. The van der Waals surface area contributed by atoms with Gasteiger partial charge in [0, 0.05) is 19.6 Å². The summed E-state index contributed by atoms with van der Waals surface area (Å²) in [5.74, 6) is 1.50. The molecule has 8 heteroatoms. The first kappa shape index (κ1) is 19.7. The monoisotopic (exact) mass is 387 g/mol. The number of para-hydroxylation sites is 2. The lowest BCUT2D eigenvalue weighted by atomic mass is 9.97. The fraction of sp³-hybridized carbons (Fsp3) is 0.450. The SMILES string of the molecule is COc1ccccc1OCC(=O)NC[C@@H]1CCCN(C(=O)c2ncoc2C)C1. The second-order valence-corrected chi connectivity index (χ2v) is 6.76. The Kier molecular flexibility index (Phi) is 6.52. The van der Waals surface area contributed by atoms with Crippen molar-refractivity contribution in [2.75, 3.05) is 33.4 Å². The summed E-state index contributed by atoms with van der Waals surface area (Å²) in [6, 6.07) is 7.18. The van der Waals surface area contributed by atoms with Gasteiger partial charge in [-0.05, 0) is 37.8 Å². The number of carbonyl (C=O) groups is 2. The number of nitrogens with zero attached hydrogens (tertiary/aromatic N) is 2. The fourth-order valence-electron chi connectivity index (χ4n) is 3.27. The molecule has 8 nitrogen and oxygen atoms in total. The zero-order valence-electron chi connectivity index (χ0n) is 16.1. The molecule has 1 aromatic carbocycles. The van der Waals surface area contributed by atoms with Crippen LogP contribution in [-0.4, -0.2) is 55.0 Å². The predicted octanol–water partition coefficient (Wildman–Crippen LogP) is 2.04. The Morgan fingerprint density at radius 1 is 1.32 bits per heavy atom. The summed E-state index contributed by atoms with van der Waals surface area (Å²) in [6.45, 7) is 3.40. The van der Waals surface area contributed by atoms with Crippen molar-refractivity contribution in [1.29, 1.82) is 0 Å². The van der Waals surface area contributed by atoms with Crippen molar-refractivity contribution < 1.29 is 23.5 Å². The lowest BCUT2D eigenvalue weighted by Crippen LogP contribution is -2.44. The number of hydrogen-bond acceptors (Lipinski definition) is 6. The molecule has 3 rings (SSSR count). The van der Waals surface area contributed by atoms with Gasteiger partial charge >= 0.3 is 0 Å². The number of amides is 2. The van der Waals surface area contributed by atoms with Gasteiger partial charge < -0.3 is 24.1 Å². The number of rotatable bonds is 7. The average Bonchev–Trinajstić information content (AvgIpc) is 3.16. The van der Waals surface area contributed by atoms with E-state index < -0.39 is 0 Å². The van der Waals surface area contributed by atoms with Crippen LogP contribution < -0.4 is 14.8 Å². The quantitative estimate of drug-likeness (QED) is 0.781. The molecule has 1 atom stereocenters. The topological polar surface area (TPSA) is 93.9 Å². The summed E-state index contributed by atoms with van der Waals surface area (Å²) in [4.78, 5) is 30.5. The number of nitrogens with one attached hydrogen (secondary N) is 1. The van der Waals surface area contributed by atoms with Crippen molar-refractivity contribution in [1.82, 2.24) is 15.2 Å². The molecule has 2 aromatic rings. The minimum absolute atomic E-state index is 0.0894. The summed E-state index contributed by atoms with van der Waals surface area (Å²) in [5.41, 5.74) is 0.356. The fourth-order valence-corrected chi connectivity index (χ4v) is 3.27. The lowest BCUT2D eigenvalue weighted by Gasteiger charge is -2.32. The first-order valence-corrected chi connectivity index (χ1v) is 9.30. The summed E-state index contributed by atoms with van der Waals surface area (Å²) in [6.07, 6.45) is 3.13.